The maximum Gasteiger partial charge on any atom is 0.345 e. The first-order chi connectivity index (χ1) is 6.19. The minimum absolute atomic E-state index is 0.142. The second kappa shape index (κ2) is 5.11. The fourth-order valence-electron chi connectivity index (χ4n) is 0.466. The van der Waals surface area contributed by atoms with Crippen LogP contribution in [0.5, 0.6) is 0 Å². The Labute approximate surface area is 99.3 Å². The molecule has 0 saturated heterocycles. The monoisotopic (exact) mass is 330 g/mol. The summed E-state index contributed by atoms with van der Waals surface area (Å²) in [5, 5.41) is 8.67. The van der Waals surface area contributed by atoms with Crippen LogP contribution >= 0.6 is 31.9 Å². The van der Waals surface area contributed by atoms with Crippen molar-refractivity contribution in [1.29, 1.82) is 0 Å². The largest absolute Gasteiger partial charge is 0.479 e. The summed E-state index contributed by atoms with van der Waals surface area (Å²) >= 11 is 5.46. The van der Waals surface area contributed by atoms with Crippen LogP contribution < -0.4 is 0 Å². The molecule has 0 heterocycles. The Morgan fingerprint density at radius 1 is 1.29 bits per heavy atom. The summed E-state index contributed by atoms with van der Waals surface area (Å²) in [4.78, 5) is 21.9. The van der Waals surface area contributed by atoms with Gasteiger partial charge in [-0.25, -0.2) is 9.59 Å². The Hall–Kier alpha value is -0.100. The molecule has 0 saturated carbocycles. The first-order valence-corrected chi connectivity index (χ1v) is 5.60. The lowest BCUT2D eigenvalue weighted by Crippen LogP contribution is -2.38. The minimum Gasteiger partial charge on any atom is -0.479 e. The molecule has 1 unspecified atom stereocenters. The number of esters is 1. The van der Waals surface area contributed by atoms with Gasteiger partial charge in [0.25, 0.3) is 3.23 Å². The van der Waals surface area contributed by atoms with Crippen molar-refractivity contribution < 1.29 is 19.4 Å². The van der Waals surface area contributed by atoms with Crippen molar-refractivity contribution in [2.45, 2.75) is 30.1 Å². The number of rotatable bonds is 4. The van der Waals surface area contributed by atoms with E-state index in [2.05, 4.69) is 31.9 Å². The van der Waals surface area contributed by atoms with E-state index in [-0.39, 0.29) is 12.0 Å². The van der Waals surface area contributed by atoms with Gasteiger partial charge in [0.15, 0.2) is 0 Å². The van der Waals surface area contributed by atoms with Crippen LogP contribution in [-0.2, 0) is 14.3 Å². The van der Waals surface area contributed by atoms with Crippen LogP contribution in [0.3, 0.4) is 0 Å². The Morgan fingerprint density at radius 3 is 2.00 bits per heavy atom. The Balaban J connectivity index is 4.43. The quantitative estimate of drug-likeness (QED) is 0.487. The predicted octanol–water partition coefficient (Wildman–Crippen LogP) is 2.14. The lowest BCUT2D eigenvalue weighted by atomic mass is 10.1. The SMILES string of the molecule is CC(C)C(C)OC(=O)C(Br)(Br)C(=O)O. The molecule has 0 amide bonds. The highest BCUT2D eigenvalue weighted by Gasteiger charge is 2.43. The van der Waals surface area contributed by atoms with Gasteiger partial charge in [-0.2, -0.15) is 0 Å². The van der Waals surface area contributed by atoms with Crippen LogP contribution in [0.25, 0.3) is 0 Å². The topological polar surface area (TPSA) is 63.6 Å². The normalized spacial score (nSPS) is 13.9. The number of hydrogen-bond acceptors (Lipinski definition) is 3. The van der Waals surface area contributed by atoms with Crippen molar-refractivity contribution in [3.05, 3.63) is 0 Å². The highest BCUT2D eigenvalue weighted by atomic mass is 79.9. The number of aliphatic carboxylic acids is 1. The highest BCUT2D eigenvalue weighted by Crippen LogP contribution is 2.29. The molecule has 0 aromatic carbocycles. The maximum absolute atomic E-state index is 11.3. The van der Waals surface area contributed by atoms with E-state index in [1.165, 1.54) is 0 Å². The molecule has 0 bridgehead atoms. The van der Waals surface area contributed by atoms with Crippen molar-refractivity contribution in [3.63, 3.8) is 0 Å². The zero-order valence-corrected chi connectivity index (χ0v) is 11.3. The van der Waals surface area contributed by atoms with E-state index < -0.39 is 15.2 Å². The van der Waals surface area contributed by atoms with Gasteiger partial charge in [-0.3, -0.25) is 0 Å². The number of halogens is 2. The van der Waals surface area contributed by atoms with Gasteiger partial charge in [0.2, 0.25) is 0 Å². The summed E-state index contributed by atoms with van der Waals surface area (Å²) in [7, 11) is 0. The van der Waals surface area contributed by atoms with Crippen molar-refractivity contribution in [3.8, 4) is 0 Å². The minimum atomic E-state index is -1.84. The molecule has 0 spiro atoms. The molecular formula is C8H12Br2O4. The molecule has 0 rings (SSSR count). The summed E-state index contributed by atoms with van der Waals surface area (Å²) in [5.41, 5.74) is 0. The predicted molar refractivity (Wildman–Crippen MR) is 58.6 cm³/mol. The van der Waals surface area contributed by atoms with Gasteiger partial charge in [0.05, 0.1) is 0 Å². The van der Waals surface area contributed by atoms with E-state index in [0.717, 1.165) is 0 Å². The molecule has 1 N–H and O–H groups in total. The molecular weight excluding hydrogens is 320 g/mol. The van der Waals surface area contributed by atoms with Crippen LogP contribution in [0.1, 0.15) is 20.8 Å². The van der Waals surface area contributed by atoms with Crippen LogP contribution in [-0.4, -0.2) is 26.4 Å². The third-order valence-corrected chi connectivity index (χ3v) is 3.08. The molecule has 14 heavy (non-hydrogen) atoms. The smallest absolute Gasteiger partial charge is 0.345 e. The van der Waals surface area contributed by atoms with E-state index in [4.69, 9.17) is 9.84 Å². The lowest BCUT2D eigenvalue weighted by molar-refractivity contribution is -0.155. The molecule has 0 aliphatic carbocycles. The third-order valence-electron chi connectivity index (χ3n) is 1.76. The molecule has 82 valence electrons. The Bertz CT molecular complexity index is 237. The van der Waals surface area contributed by atoms with Gasteiger partial charge < -0.3 is 9.84 Å². The van der Waals surface area contributed by atoms with Crippen LogP contribution in [0.4, 0.5) is 0 Å². The van der Waals surface area contributed by atoms with Crippen molar-refractivity contribution in [1.82, 2.24) is 0 Å². The van der Waals surface area contributed by atoms with Gasteiger partial charge in [-0.15, -0.1) is 0 Å². The number of carbonyl (C=O) groups excluding carboxylic acids is 1. The number of carboxylic acid groups (broad SMARTS) is 1. The van der Waals surface area contributed by atoms with Crippen molar-refractivity contribution >= 4 is 43.8 Å². The van der Waals surface area contributed by atoms with E-state index in [1.54, 1.807) is 6.92 Å². The zero-order chi connectivity index (χ0) is 11.5. The van der Waals surface area contributed by atoms with Crippen molar-refractivity contribution in [2.75, 3.05) is 0 Å². The molecule has 1 atom stereocenters. The average molecular weight is 332 g/mol. The molecule has 4 nitrogen and oxygen atoms in total. The average Bonchev–Trinajstić information content (AvgIpc) is 2.03. The lowest BCUT2D eigenvalue weighted by Gasteiger charge is -2.20. The Morgan fingerprint density at radius 2 is 1.71 bits per heavy atom. The summed E-state index contributed by atoms with van der Waals surface area (Å²) < 4.78 is 3.08. The third kappa shape index (κ3) is 3.57. The van der Waals surface area contributed by atoms with Gasteiger partial charge in [0, 0.05) is 0 Å². The molecule has 0 fully saturated rings. The standard InChI is InChI=1S/C8H12Br2O4/c1-4(2)5(3)14-7(13)8(9,10)6(11)12/h4-5H,1-3H3,(H,11,12). The molecule has 0 aliphatic heterocycles. The number of ether oxygens (including phenoxy) is 1. The first-order valence-electron chi connectivity index (χ1n) is 4.02. The van der Waals surface area contributed by atoms with Gasteiger partial charge in [-0.05, 0) is 44.7 Å². The summed E-state index contributed by atoms with van der Waals surface area (Å²) in [5.74, 6) is -2.05. The van der Waals surface area contributed by atoms with E-state index >= 15 is 0 Å². The van der Waals surface area contributed by atoms with Crippen molar-refractivity contribution in [2.24, 2.45) is 5.92 Å². The summed E-state index contributed by atoms with van der Waals surface area (Å²) in [6.45, 7) is 5.46. The summed E-state index contributed by atoms with van der Waals surface area (Å²) in [6, 6.07) is 0. The second-order valence-corrected chi connectivity index (χ2v) is 6.68. The molecule has 0 radical (unpaired) electrons. The molecule has 0 aliphatic rings. The van der Waals surface area contributed by atoms with E-state index in [1.807, 2.05) is 13.8 Å². The van der Waals surface area contributed by atoms with Gasteiger partial charge in [0.1, 0.15) is 6.10 Å². The van der Waals surface area contributed by atoms with Crippen LogP contribution in [0.2, 0.25) is 0 Å². The van der Waals surface area contributed by atoms with Crippen LogP contribution in [0.15, 0.2) is 0 Å². The fourth-order valence-corrected chi connectivity index (χ4v) is 0.653. The second-order valence-electron chi connectivity index (χ2n) is 3.23. The van der Waals surface area contributed by atoms with Crippen LogP contribution in [0, 0.1) is 5.92 Å². The number of carbonyl (C=O) groups is 2. The summed E-state index contributed by atoms with van der Waals surface area (Å²) in [6.07, 6.45) is -0.323. The maximum atomic E-state index is 11.3. The number of alkyl halides is 2. The number of hydrogen-bond donors (Lipinski definition) is 1. The highest BCUT2D eigenvalue weighted by molar-refractivity contribution is 9.26. The van der Waals surface area contributed by atoms with E-state index in [0.29, 0.717) is 0 Å². The molecule has 0 aromatic rings. The van der Waals surface area contributed by atoms with Gasteiger partial charge >= 0.3 is 11.9 Å². The number of carboxylic acids is 1. The molecule has 6 heteroatoms. The van der Waals surface area contributed by atoms with Gasteiger partial charge in [-0.1, -0.05) is 13.8 Å². The zero-order valence-electron chi connectivity index (χ0n) is 8.08. The Kier molecular flexibility index (Phi) is 5.08. The molecule has 0 aromatic heterocycles. The first kappa shape index (κ1) is 13.9. The van der Waals surface area contributed by atoms with E-state index in [9.17, 15) is 9.59 Å². The fraction of sp³-hybridized carbons (Fsp3) is 0.750.